The number of ether oxygens (including phenoxy) is 1. The number of nitrogens with zero attached hydrogens (tertiary/aromatic N) is 2. The molecule has 7 nitrogen and oxygen atoms in total. The molecule has 0 spiro atoms. The van der Waals surface area contributed by atoms with Crippen molar-refractivity contribution in [1.29, 1.82) is 0 Å². The third kappa shape index (κ3) is 10.6. The van der Waals surface area contributed by atoms with Crippen molar-refractivity contribution in [2.45, 2.75) is 49.8 Å². The summed E-state index contributed by atoms with van der Waals surface area (Å²) in [5.74, 6) is -0.491. The fraction of sp³-hybridized carbons (Fsp3) is 0.268. The summed E-state index contributed by atoms with van der Waals surface area (Å²) in [6, 6.07) is 27.8. The number of alkyl halides is 3. The average molecular weight is 867 g/mol. The van der Waals surface area contributed by atoms with Crippen LogP contribution in [0.5, 0.6) is 5.75 Å². The number of sulfonamides is 1. The maximum Gasteiger partial charge on any atom is 0.573 e. The lowest BCUT2D eigenvalue weighted by Gasteiger charge is -2.27. The van der Waals surface area contributed by atoms with Gasteiger partial charge in [-0.1, -0.05) is 46.4 Å². The summed E-state index contributed by atoms with van der Waals surface area (Å²) in [6.45, 7) is 2.23. The van der Waals surface area contributed by atoms with E-state index >= 15 is 0 Å². The molecule has 296 valence electrons. The van der Waals surface area contributed by atoms with Crippen molar-refractivity contribution in [2.75, 3.05) is 36.0 Å². The van der Waals surface area contributed by atoms with Gasteiger partial charge in [0.2, 0.25) is 10.0 Å². The zero-order valence-electron chi connectivity index (χ0n) is 30.1. The van der Waals surface area contributed by atoms with Crippen LogP contribution in [0, 0.1) is 0 Å². The van der Waals surface area contributed by atoms with Crippen molar-refractivity contribution < 1.29 is 26.3 Å². The van der Waals surface area contributed by atoms with Crippen LogP contribution in [-0.4, -0.2) is 41.0 Å². The molecule has 0 radical (unpaired) electrons. The number of rotatable bonds is 10. The molecule has 5 aromatic carbocycles. The first-order chi connectivity index (χ1) is 26.7. The molecule has 7 rings (SSSR count). The van der Waals surface area contributed by atoms with Crippen LogP contribution >= 0.6 is 46.4 Å². The molecule has 0 amide bonds. The minimum atomic E-state index is -4.85. The predicted octanol–water partition coefficient (Wildman–Crippen LogP) is 11.1. The summed E-state index contributed by atoms with van der Waals surface area (Å²) in [5, 5.41) is 2.87. The van der Waals surface area contributed by atoms with E-state index in [4.69, 9.17) is 52.1 Å². The number of benzene rings is 5. The predicted molar refractivity (Wildman–Crippen MR) is 221 cm³/mol. The molecule has 15 heteroatoms. The van der Waals surface area contributed by atoms with Gasteiger partial charge in [-0.25, -0.2) is 13.1 Å². The molecule has 0 bridgehead atoms. The Labute approximate surface area is 345 Å². The topological polar surface area (TPSA) is 87.9 Å². The van der Waals surface area contributed by atoms with Gasteiger partial charge >= 0.3 is 6.36 Å². The van der Waals surface area contributed by atoms with Gasteiger partial charge in [0.05, 0.1) is 4.90 Å². The molecule has 0 aromatic heterocycles. The van der Waals surface area contributed by atoms with E-state index in [2.05, 4.69) is 43.5 Å². The van der Waals surface area contributed by atoms with Crippen LogP contribution in [-0.2, 0) is 35.7 Å². The quantitative estimate of drug-likeness (QED) is 0.136. The summed E-state index contributed by atoms with van der Waals surface area (Å²) in [4.78, 5) is 4.32. The normalized spacial score (nSPS) is 13.6. The Morgan fingerprint density at radius 3 is 1.34 bits per heavy atom. The molecule has 0 unspecified atom stereocenters. The molecule has 0 saturated heterocycles. The van der Waals surface area contributed by atoms with Gasteiger partial charge in [0, 0.05) is 62.5 Å². The zero-order valence-corrected chi connectivity index (χ0v) is 33.9. The third-order valence-electron chi connectivity index (χ3n) is 9.46. The van der Waals surface area contributed by atoms with Gasteiger partial charge in [0.15, 0.2) is 0 Å². The van der Waals surface area contributed by atoms with Gasteiger partial charge in [-0.05, 0) is 164 Å². The van der Waals surface area contributed by atoms with Crippen LogP contribution in [0.2, 0.25) is 20.1 Å². The molecule has 5 aromatic rings. The van der Waals surface area contributed by atoms with E-state index in [1.54, 1.807) is 0 Å². The number of nitrogens with two attached hydrogens (primary N) is 1. The summed E-state index contributed by atoms with van der Waals surface area (Å²) < 4.78 is 68.4. The molecular formula is C41H39Cl4F3N4O3S. The van der Waals surface area contributed by atoms with E-state index in [0.717, 1.165) is 95.5 Å². The number of hydrogen-bond acceptors (Lipinski definition) is 6. The second-order valence-electron chi connectivity index (χ2n) is 13.3. The third-order valence-corrected chi connectivity index (χ3v) is 11.9. The molecule has 2 aliphatic rings. The fourth-order valence-corrected chi connectivity index (χ4v) is 8.80. The molecule has 0 fully saturated rings. The van der Waals surface area contributed by atoms with Crippen molar-refractivity contribution in [2.24, 2.45) is 5.73 Å². The van der Waals surface area contributed by atoms with E-state index in [9.17, 15) is 21.6 Å². The lowest BCUT2D eigenvalue weighted by Crippen LogP contribution is -2.28. The Morgan fingerprint density at radius 1 is 0.607 bits per heavy atom. The van der Waals surface area contributed by atoms with Gasteiger partial charge in [-0.3, -0.25) is 0 Å². The SMILES string of the molecule is NCCCN1c2ccc(Cl)cc2CCc2cc(Cl)ccc21.O=S(=O)(NCCCN1c2ccc(Cl)cc2CCc2cc(Cl)ccc21)c1ccc(OC(F)(F)F)cc1. The highest BCUT2D eigenvalue weighted by Crippen LogP contribution is 2.40. The molecule has 0 atom stereocenters. The van der Waals surface area contributed by atoms with Crippen molar-refractivity contribution in [3.8, 4) is 5.75 Å². The van der Waals surface area contributed by atoms with Gasteiger partial charge in [-0.2, -0.15) is 0 Å². The van der Waals surface area contributed by atoms with E-state index in [1.807, 2.05) is 48.5 Å². The van der Waals surface area contributed by atoms with Crippen LogP contribution in [0.4, 0.5) is 35.9 Å². The van der Waals surface area contributed by atoms with Gasteiger partial charge in [0.1, 0.15) is 5.75 Å². The largest absolute Gasteiger partial charge is 0.573 e. The molecule has 3 N–H and O–H groups in total. The lowest BCUT2D eigenvalue weighted by atomic mass is 10.0. The van der Waals surface area contributed by atoms with Gasteiger partial charge in [0.25, 0.3) is 0 Å². The maximum absolute atomic E-state index is 12.6. The van der Waals surface area contributed by atoms with Gasteiger partial charge < -0.3 is 20.3 Å². The average Bonchev–Trinajstić information content (AvgIpc) is 3.39. The summed E-state index contributed by atoms with van der Waals surface area (Å²) >= 11 is 24.7. The highest BCUT2D eigenvalue weighted by atomic mass is 35.5. The maximum atomic E-state index is 12.6. The minimum absolute atomic E-state index is 0.130. The van der Waals surface area contributed by atoms with Crippen LogP contribution in [0.3, 0.4) is 0 Å². The van der Waals surface area contributed by atoms with E-state index in [-0.39, 0.29) is 11.4 Å². The molecule has 56 heavy (non-hydrogen) atoms. The molecule has 0 aliphatic carbocycles. The lowest BCUT2D eigenvalue weighted by molar-refractivity contribution is -0.274. The number of aryl methyl sites for hydroxylation is 4. The Balaban J connectivity index is 0.000000215. The zero-order chi connectivity index (χ0) is 40.0. The van der Waals surface area contributed by atoms with Crippen LogP contribution < -0.4 is 25.0 Å². The van der Waals surface area contributed by atoms with Crippen LogP contribution in [0.25, 0.3) is 0 Å². The Hall–Kier alpha value is -3.68. The first-order valence-corrected chi connectivity index (χ1v) is 20.9. The fourth-order valence-electron chi connectivity index (χ4n) is 6.95. The number of nitrogens with one attached hydrogen (secondary N) is 1. The van der Waals surface area contributed by atoms with Crippen LogP contribution in [0.15, 0.2) is 102 Å². The number of halogens is 7. The standard InChI is InChI=1S/C24H21Cl2F3N2O3S.C17H18Cl2N2/c25-18-4-10-22-16(14-18)2-3-17-15-19(26)5-11-23(17)31(22)13-1-12-30-35(32,33)21-8-6-20(7-9-21)34-24(27,28)29;18-14-4-6-16-12(10-14)2-3-13-11-15(19)5-7-17(13)21(16)9-1-8-20/h4-11,14-15,30H,1-3,12-13H2;4-7,10-11H,1-3,8-9,20H2. The van der Waals surface area contributed by atoms with Crippen molar-refractivity contribution in [3.63, 3.8) is 0 Å². The highest BCUT2D eigenvalue weighted by molar-refractivity contribution is 7.89. The summed E-state index contributed by atoms with van der Waals surface area (Å²) in [6.07, 6.45) is 0.105. The van der Waals surface area contributed by atoms with Gasteiger partial charge in [-0.15, -0.1) is 13.2 Å². The smallest absolute Gasteiger partial charge is 0.406 e. The number of hydrogen-bond donors (Lipinski definition) is 2. The Morgan fingerprint density at radius 2 is 0.982 bits per heavy atom. The summed E-state index contributed by atoms with van der Waals surface area (Å²) in [5.41, 5.74) is 14.9. The minimum Gasteiger partial charge on any atom is -0.406 e. The molecule has 2 aliphatic heterocycles. The Bertz CT molecular complexity index is 2170. The number of anilines is 4. The molecular weight excluding hydrogens is 827 g/mol. The Kier molecular flexibility index (Phi) is 13.7. The van der Waals surface area contributed by atoms with E-state index < -0.39 is 22.1 Å². The molecule has 0 saturated carbocycles. The van der Waals surface area contributed by atoms with Crippen molar-refractivity contribution in [3.05, 3.63) is 139 Å². The van der Waals surface area contributed by atoms with Crippen LogP contribution in [0.1, 0.15) is 35.1 Å². The second kappa shape index (κ2) is 18.3. The highest BCUT2D eigenvalue weighted by Gasteiger charge is 2.31. The first-order valence-electron chi connectivity index (χ1n) is 17.9. The monoisotopic (exact) mass is 864 g/mol. The number of fused-ring (bicyclic) bond motifs is 4. The van der Waals surface area contributed by atoms with Crippen molar-refractivity contribution >= 4 is 79.2 Å². The van der Waals surface area contributed by atoms with E-state index in [0.29, 0.717) is 29.6 Å². The van der Waals surface area contributed by atoms with E-state index in [1.165, 1.54) is 22.5 Å². The molecule has 2 heterocycles. The first kappa shape index (κ1) is 41.9. The van der Waals surface area contributed by atoms with Crippen molar-refractivity contribution in [1.82, 2.24) is 4.72 Å². The summed E-state index contributed by atoms with van der Waals surface area (Å²) in [7, 11) is -3.90. The second-order valence-corrected chi connectivity index (χ2v) is 16.8.